The van der Waals surface area contributed by atoms with Crippen molar-refractivity contribution < 1.29 is 14.3 Å². The second-order valence-electron chi connectivity index (χ2n) is 10.2. The van der Waals surface area contributed by atoms with E-state index in [2.05, 4.69) is 22.8 Å². The molecule has 2 atom stereocenters. The third-order valence-electron chi connectivity index (χ3n) is 8.26. The van der Waals surface area contributed by atoms with Crippen LogP contribution in [0, 0.1) is 23.2 Å². The molecule has 1 aliphatic heterocycles. The molecule has 1 aromatic heterocycles. The van der Waals surface area contributed by atoms with Crippen LogP contribution in [0.3, 0.4) is 0 Å². The molecule has 6 heteroatoms. The Labute approximate surface area is 192 Å². The lowest BCUT2D eigenvalue weighted by Gasteiger charge is -2.31. The first-order valence-electron chi connectivity index (χ1n) is 12.0. The molecule has 0 spiro atoms. The molecule has 5 aliphatic rings. The zero-order valence-electron chi connectivity index (χ0n) is 18.3. The summed E-state index contributed by atoms with van der Waals surface area (Å²) in [5.74, 6) is 2.07. The van der Waals surface area contributed by atoms with Gasteiger partial charge in [0, 0.05) is 11.4 Å². The normalized spacial score (nSPS) is 29.7. The number of hydrogen-bond donors (Lipinski definition) is 2. The van der Waals surface area contributed by atoms with Gasteiger partial charge in [0.1, 0.15) is 5.00 Å². The highest BCUT2D eigenvalue weighted by Crippen LogP contribution is 2.65. The lowest BCUT2D eigenvalue weighted by Crippen LogP contribution is -2.38. The Morgan fingerprint density at radius 2 is 1.88 bits per heavy atom. The van der Waals surface area contributed by atoms with E-state index >= 15 is 0 Å². The Bertz CT molecular complexity index is 1030. The predicted molar refractivity (Wildman–Crippen MR) is 125 cm³/mol. The van der Waals surface area contributed by atoms with E-state index in [0.717, 1.165) is 53.0 Å². The van der Waals surface area contributed by atoms with Crippen LogP contribution in [-0.4, -0.2) is 25.0 Å². The highest BCUT2D eigenvalue weighted by molar-refractivity contribution is 7.17. The van der Waals surface area contributed by atoms with E-state index in [1.807, 2.05) is 18.2 Å². The van der Waals surface area contributed by atoms with Gasteiger partial charge in [0.15, 0.2) is 0 Å². The van der Waals surface area contributed by atoms with E-state index in [0.29, 0.717) is 31.2 Å². The van der Waals surface area contributed by atoms with Gasteiger partial charge in [0.05, 0.1) is 24.2 Å². The first kappa shape index (κ1) is 20.4. The van der Waals surface area contributed by atoms with Gasteiger partial charge in [-0.25, -0.2) is 0 Å². The topological polar surface area (TPSA) is 67.4 Å². The quantitative estimate of drug-likeness (QED) is 0.678. The van der Waals surface area contributed by atoms with Crippen molar-refractivity contribution in [3.8, 4) is 0 Å². The second kappa shape index (κ2) is 7.99. The van der Waals surface area contributed by atoms with Crippen LogP contribution in [-0.2, 0) is 29.0 Å². The fourth-order valence-corrected chi connectivity index (χ4v) is 8.19. The summed E-state index contributed by atoms with van der Waals surface area (Å²) in [4.78, 5) is 28.0. The maximum Gasteiger partial charge on any atom is 0.254 e. The van der Waals surface area contributed by atoms with Crippen molar-refractivity contribution in [3.05, 3.63) is 51.9 Å². The van der Waals surface area contributed by atoms with Crippen LogP contribution < -0.4 is 10.6 Å². The van der Waals surface area contributed by atoms with Gasteiger partial charge >= 0.3 is 0 Å². The summed E-state index contributed by atoms with van der Waals surface area (Å²) < 4.78 is 5.64. The van der Waals surface area contributed by atoms with Gasteiger partial charge in [-0.05, 0) is 73.8 Å². The number of carbonyl (C=O) groups excluding carboxylic acids is 2. The van der Waals surface area contributed by atoms with Gasteiger partial charge in [-0.15, -0.1) is 11.3 Å². The van der Waals surface area contributed by atoms with Crippen molar-refractivity contribution in [1.29, 1.82) is 0 Å². The third-order valence-corrected chi connectivity index (χ3v) is 9.38. The number of nitrogens with one attached hydrogen (secondary N) is 2. The average Bonchev–Trinajstić information content (AvgIpc) is 3.37. The molecule has 2 amide bonds. The molecule has 4 aliphatic carbocycles. The molecule has 168 valence electrons. The molecular formula is C26H30N2O3S. The Hall–Kier alpha value is -2.18. The van der Waals surface area contributed by atoms with Gasteiger partial charge in [-0.3, -0.25) is 9.59 Å². The molecule has 4 bridgehead atoms. The Morgan fingerprint density at radius 1 is 1.09 bits per heavy atom. The number of benzene rings is 1. The molecule has 4 fully saturated rings. The van der Waals surface area contributed by atoms with Crippen LogP contribution in [0.25, 0.3) is 0 Å². The summed E-state index contributed by atoms with van der Waals surface area (Å²) in [5, 5.41) is 7.09. The first-order valence-corrected chi connectivity index (χ1v) is 12.8. The maximum absolute atomic E-state index is 13.6. The molecule has 4 saturated carbocycles. The molecular weight excluding hydrogens is 420 g/mol. The van der Waals surface area contributed by atoms with Crippen molar-refractivity contribution >= 4 is 28.2 Å². The van der Waals surface area contributed by atoms with E-state index in [1.165, 1.54) is 36.2 Å². The lowest BCUT2D eigenvalue weighted by molar-refractivity contribution is -0.127. The van der Waals surface area contributed by atoms with Crippen LogP contribution in [0.1, 0.15) is 58.5 Å². The number of thiophene rings is 1. The zero-order valence-corrected chi connectivity index (χ0v) is 19.1. The fraction of sp³-hybridized carbons (Fsp3) is 0.538. The monoisotopic (exact) mass is 450 g/mol. The van der Waals surface area contributed by atoms with Crippen LogP contribution in [0.5, 0.6) is 0 Å². The van der Waals surface area contributed by atoms with Gasteiger partial charge in [-0.1, -0.05) is 30.3 Å². The smallest absolute Gasteiger partial charge is 0.254 e. The molecule has 2 unspecified atom stereocenters. The molecule has 2 aromatic rings. The fourth-order valence-electron chi connectivity index (χ4n) is 7.01. The third kappa shape index (κ3) is 3.39. The van der Waals surface area contributed by atoms with Gasteiger partial charge < -0.3 is 15.4 Å². The van der Waals surface area contributed by atoms with E-state index in [-0.39, 0.29) is 17.2 Å². The van der Waals surface area contributed by atoms with E-state index < -0.39 is 0 Å². The van der Waals surface area contributed by atoms with Crippen LogP contribution >= 0.6 is 11.3 Å². The van der Waals surface area contributed by atoms with Crippen LogP contribution in [0.2, 0.25) is 0 Å². The Balaban J connectivity index is 1.22. The summed E-state index contributed by atoms with van der Waals surface area (Å²) in [6.45, 7) is 1.72. The molecule has 7 rings (SSSR count). The zero-order chi connectivity index (χ0) is 21.7. The number of hydrogen-bond acceptors (Lipinski definition) is 4. The van der Waals surface area contributed by atoms with Crippen molar-refractivity contribution in [1.82, 2.24) is 5.32 Å². The molecule has 32 heavy (non-hydrogen) atoms. The molecule has 0 saturated heterocycles. The van der Waals surface area contributed by atoms with Gasteiger partial charge in [0.25, 0.3) is 5.91 Å². The summed E-state index contributed by atoms with van der Waals surface area (Å²) in [7, 11) is 0. The average molecular weight is 451 g/mol. The summed E-state index contributed by atoms with van der Waals surface area (Å²) >= 11 is 1.53. The van der Waals surface area contributed by atoms with Crippen LogP contribution in [0.4, 0.5) is 5.00 Å². The highest BCUT2D eigenvalue weighted by Gasteiger charge is 2.61. The predicted octanol–water partition coefficient (Wildman–Crippen LogP) is 4.56. The minimum atomic E-state index is -0.199. The Morgan fingerprint density at radius 3 is 2.66 bits per heavy atom. The first-order chi connectivity index (χ1) is 15.6. The summed E-state index contributed by atoms with van der Waals surface area (Å²) in [5.41, 5.74) is 2.73. The van der Waals surface area contributed by atoms with Crippen molar-refractivity contribution in [2.75, 3.05) is 18.5 Å². The number of rotatable bonds is 6. The van der Waals surface area contributed by atoms with E-state index in [1.54, 1.807) is 0 Å². The van der Waals surface area contributed by atoms with Gasteiger partial charge in [-0.2, -0.15) is 0 Å². The van der Waals surface area contributed by atoms with E-state index in [9.17, 15) is 9.59 Å². The highest BCUT2D eigenvalue weighted by atomic mass is 32.1. The van der Waals surface area contributed by atoms with Crippen molar-refractivity contribution in [3.63, 3.8) is 0 Å². The minimum Gasteiger partial charge on any atom is -0.376 e. The standard InChI is InChI=1S/C26H30N2O3S/c29-23(27-8-6-16-4-2-1-3-5-16)22-20-7-9-31-15-21(20)32-24(22)28-25(30)26-13-17-10-18(14-26)12-19(26)11-17/h1-5,17-19H,6-15H2,(H,27,29)(H,28,30). The largest absolute Gasteiger partial charge is 0.376 e. The number of fused-ring (bicyclic) bond motifs is 1. The van der Waals surface area contributed by atoms with Crippen LogP contribution in [0.15, 0.2) is 30.3 Å². The Kier molecular flexibility index (Phi) is 5.10. The summed E-state index contributed by atoms with van der Waals surface area (Å²) in [6.07, 6.45) is 7.32. The second-order valence-corrected chi connectivity index (χ2v) is 11.3. The number of carbonyl (C=O) groups is 2. The molecule has 1 aromatic carbocycles. The molecule has 5 nitrogen and oxygen atoms in total. The number of anilines is 1. The summed E-state index contributed by atoms with van der Waals surface area (Å²) in [6, 6.07) is 10.2. The van der Waals surface area contributed by atoms with Crippen molar-refractivity contribution in [2.45, 2.75) is 51.6 Å². The molecule has 0 radical (unpaired) electrons. The lowest BCUT2D eigenvalue weighted by atomic mass is 9.75. The molecule has 2 N–H and O–H groups in total. The van der Waals surface area contributed by atoms with Crippen molar-refractivity contribution in [2.24, 2.45) is 23.2 Å². The minimum absolute atomic E-state index is 0.0784. The van der Waals surface area contributed by atoms with Gasteiger partial charge in [0.2, 0.25) is 5.91 Å². The van der Waals surface area contributed by atoms with E-state index in [4.69, 9.17) is 4.74 Å². The molecule has 2 heterocycles. The number of amides is 2. The maximum atomic E-state index is 13.6. The SMILES string of the molecule is O=C(NCCc1ccccc1)c1c(NC(=O)C23CC4CC(CC2C4)C3)sc2c1CCOC2. The number of ether oxygens (including phenoxy) is 1.